The molecule has 3 heterocycles. The Bertz CT molecular complexity index is 2030. The third-order valence-corrected chi connectivity index (χ3v) is 12.1. The average molecular weight is 784 g/mol. The van der Waals surface area contributed by atoms with Gasteiger partial charge in [0.2, 0.25) is 17.7 Å². The molecule has 8 rings (SSSR count). The van der Waals surface area contributed by atoms with Gasteiger partial charge in [0.05, 0.1) is 6.04 Å². The fourth-order valence-electron chi connectivity index (χ4n) is 8.79. The van der Waals surface area contributed by atoms with Crippen LogP contribution in [0.3, 0.4) is 0 Å². The molecule has 1 aromatic heterocycles. The van der Waals surface area contributed by atoms with Crippen LogP contribution in [0.1, 0.15) is 82.2 Å². The molecular weight excluding hydrogens is 731 g/mol. The standard InChI is InChI=1S/C46H53N7O5/c54-42-39-29-36(53-50-40(33-19-9-5-10-20-33)41(51-53)34-21-11-6-12-22-34)31-52(39)43(55)38(48-45(57)58-37-24-15-16-25-37)26-14-3-1-2-13-23-35-30-46(35,49-42)44(56)47-28-27-32-17-7-4-8-18-32/h4-13,17-23,35-39H,1-3,14-16,24-31H2,(H,47,56)(H,48,57)(H,49,54)/b23-13-/t35?,36-,38+,39+,46-/m1/s1. The van der Waals surface area contributed by atoms with Gasteiger partial charge in [0.25, 0.3) is 0 Å². The lowest BCUT2D eigenvalue weighted by atomic mass is 10.0. The van der Waals surface area contributed by atoms with E-state index in [-0.39, 0.29) is 36.8 Å². The molecule has 2 aliphatic heterocycles. The lowest BCUT2D eigenvalue weighted by Gasteiger charge is -2.30. The van der Waals surface area contributed by atoms with Gasteiger partial charge in [-0.25, -0.2) is 4.79 Å². The highest BCUT2D eigenvalue weighted by Crippen LogP contribution is 2.46. The summed E-state index contributed by atoms with van der Waals surface area (Å²) in [4.78, 5) is 60.0. The van der Waals surface area contributed by atoms with Crippen LogP contribution in [0.5, 0.6) is 0 Å². The first kappa shape index (κ1) is 39.1. The second-order valence-electron chi connectivity index (χ2n) is 16.2. The summed E-state index contributed by atoms with van der Waals surface area (Å²) in [6.45, 7) is 0.569. The Morgan fingerprint density at radius 2 is 1.45 bits per heavy atom. The third-order valence-electron chi connectivity index (χ3n) is 12.1. The molecule has 5 atom stereocenters. The second kappa shape index (κ2) is 17.8. The fraction of sp³-hybridized carbons (Fsp3) is 0.435. The normalized spacial score (nSPS) is 25.7. The van der Waals surface area contributed by atoms with Crippen LogP contribution in [0.25, 0.3) is 22.5 Å². The number of carbonyl (C=O) groups is 4. The van der Waals surface area contributed by atoms with Crippen molar-refractivity contribution < 1.29 is 23.9 Å². The van der Waals surface area contributed by atoms with Crippen molar-refractivity contribution in [1.82, 2.24) is 35.8 Å². The molecule has 0 radical (unpaired) electrons. The first-order valence-electron chi connectivity index (χ1n) is 21.0. The Morgan fingerprint density at radius 1 is 0.810 bits per heavy atom. The summed E-state index contributed by atoms with van der Waals surface area (Å²) in [5, 5.41) is 19.2. The average Bonchev–Trinajstić information content (AvgIpc) is 3.69. The van der Waals surface area contributed by atoms with Gasteiger partial charge in [0, 0.05) is 36.6 Å². The molecule has 3 N–H and O–H groups in total. The Kier molecular flexibility index (Phi) is 12.0. The van der Waals surface area contributed by atoms with E-state index in [1.165, 1.54) is 0 Å². The Morgan fingerprint density at radius 3 is 2.12 bits per heavy atom. The molecule has 3 aromatic carbocycles. The smallest absolute Gasteiger partial charge is 0.408 e. The lowest BCUT2D eigenvalue weighted by molar-refractivity contribution is -0.141. The van der Waals surface area contributed by atoms with E-state index in [1.807, 2.05) is 91.0 Å². The van der Waals surface area contributed by atoms with Gasteiger partial charge in [0.15, 0.2) is 0 Å². The van der Waals surface area contributed by atoms with Crippen LogP contribution >= 0.6 is 0 Å². The number of ether oxygens (including phenoxy) is 1. The number of hydrogen-bond donors (Lipinski definition) is 3. The molecule has 302 valence electrons. The molecule has 3 fully saturated rings. The molecule has 12 nitrogen and oxygen atoms in total. The number of allylic oxidation sites excluding steroid dienone is 1. The summed E-state index contributed by atoms with van der Waals surface area (Å²) in [6, 6.07) is 27.3. The van der Waals surface area contributed by atoms with Crippen LogP contribution in [0.15, 0.2) is 103 Å². The summed E-state index contributed by atoms with van der Waals surface area (Å²) in [6.07, 6.45) is 12.1. The first-order chi connectivity index (χ1) is 28.4. The number of aromatic nitrogens is 3. The van der Waals surface area contributed by atoms with E-state index in [9.17, 15) is 19.2 Å². The van der Waals surface area contributed by atoms with E-state index >= 15 is 0 Å². The quantitative estimate of drug-likeness (QED) is 0.163. The van der Waals surface area contributed by atoms with Crippen LogP contribution < -0.4 is 16.0 Å². The maximum Gasteiger partial charge on any atom is 0.408 e. The molecule has 4 amide bonds. The van der Waals surface area contributed by atoms with E-state index < -0.39 is 35.7 Å². The number of alkyl carbamates (subject to hydrolysis) is 1. The molecule has 12 heteroatoms. The van der Waals surface area contributed by atoms with Gasteiger partial charge in [-0.15, -0.1) is 0 Å². The fourth-order valence-corrected chi connectivity index (χ4v) is 8.79. The summed E-state index contributed by atoms with van der Waals surface area (Å²) in [5.74, 6) is -1.17. The van der Waals surface area contributed by atoms with Crippen molar-refractivity contribution in [2.75, 3.05) is 13.1 Å². The van der Waals surface area contributed by atoms with Crippen LogP contribution in [0, 0.1) is 5.92 Å². The maximum absolute atomic E-state index is 14.8. The largest absolute Gasteiger partial charge is 0.446 e. The minimum Gasteiger partial charge on any atom is -0.446 e. The third kappa shape index (κ3) is 8.85. The summed E-state index contributed by atoms with van der Waals surface area (Å²) in [5.41, 5.74) is 3.16. The highest BCUT2D eigenvalue weighted by molar-refractivity contribution is 5.98. The number of fused-ring (bicyclic) bond motifs is 2. The summed E-state index contributed by atoms with van der Waals surface area (Å²) in [7, 11) is 0. The summed E-state index contributed by atoms with van der Waals surface area (Å²) < 4.78 is 5.75. The van der Waals surface area contributed by atoms with E-state index in [2.05, 4.69) is 28.1 Å². The van der Waals surface area contributed by atoms with Crippen molar-refractivity contribution in [1.29, 1.82) is 0 Å². The number of rotatable bonds is 9. The molecule has 4 aromatic rings. The number of amides is 4. The van der Waals surface area contributed by atoms with Gasteiger partial charge >= 0.3 is 6.09 Å². The zero-order valence-corrected chi connectivity index (χ0v) is 32.9. The zero-order valence-electron chi connectivity index (χ0n) is 32.9. The Hall–Kier alpha value is -5.78. The van der Waals surface area contributed by atoms with Crippen molar-refractivity contribution >= 4 is 23.8 Å². The van der Waals surface area contributed by atoms with Gasteiger partial charge in [-0.3, -0.25) is 14.4 Å². The zero-order chi connectivity index (χ0) is 39.9. The van der Waals surface area contributed by atoms with E-state index in [0.717, 1.165) is 61.6 Å². The molecule has 1 unspecified atom stereocenters. The number of hydrogen-bond acceptors (Lipinski definition) is 7. The van der Waals surface area contributed by atoms with Crippen molar-refractivity contribution in [3.05, 3.63) is 109 Å². The number of benzene rings is 3. The van der Waals surface area contributed by atoms with Crippen LogP contribution in [0.2, 0.25) is 0 Å². The highest BCUT2D eigenvalue weighted by atomic mass is 16.6. The first-order valence-corrected chi connectivity index (χ1v) is 21.0. The van der Waals surface area contributed by atoms with Crippen molar-refractivity contribution in [3.63, 3.8) is 0 Å². The van der Waals surface area contributed by atoms with Crippen LogP contribution in [-0.2, 0) is 25.5 Å². The molecule has 58 heavy (non-hydrogen) atoms. The number of nitrogens with zero attached hydrogens (tertiary/aromatic N) is 4. The SMILES string of the molecule is O=C(N[C@H]1CCCCC/C=C\C2C[C@@]2(C(=O)NCCc2ccccc2)NC(=O)[C@@H]2C[C@@H](n3nc(-c4ccccc4)c(-c4ccccc4)n3)CN2C1=O)OC1CCCC1. The van der Waals surface area contributed by atoms with Crippen molar-refractivity contribution in [2.45, 2.75) is 107 Å². The van der Waals surface area contributed by atoms with E-state index in [1.54, 1.807) is 9.70 Å². The molecule has 4 aliphatic rings. The van der Waals surface area contributed by atoms with Crippen LogP contribution in [0.4, 0.5) is 4.79 Å². The van der Waals surface area contributed by atoms with E-state index in [0.29, 0.717) is 43.6 Å². The van der Waals surface area contributed by atoms with Gasteiger partial charge in [-0.2, -0.15) is 15.0 Å². The second-order valence-corrected chi connectivity index (χ2v) is 16.2. The minimum atomic E-state index is -1.13. The van der Waals surface area contributed by atoms with E-state index in [4.69, 9.17) is 14.9 Å². The summed E-state index contributed by atoms with van der Waals surface area (Å²) >= 11 is 0. The van der Waals surface area contributed by atoms with Gasteiger partial charge in [-0.05, 0) is 63.4 Å². The molecule has 1 saturated heterocycles. The highest BCUT2D eigenvalue weighted by Gasteiger charge is 2.61. The molecule has 0 spiro atoms. The Labute approximate surface area is 339 Å². The predicted molar refractivity (Wildman–Crippen MR) is 220 cm³/mol. The maximum atomic E-state index is 14.8. The molecule has 2 saturated carbocycles. The Balaban J connectivity index is 1.10. The topological polar surface area (TPSA) is 148 Å². The number of nitrogens with one attached hydrogen (secondary N) is 3. The van der Waals surface area contributed by atoms with Crippen molar-refractivity contribution in [2.24, 2.45) is 5.92 Å². The van der Waals surface area contributed by atoms with Gasteiger partial charge in [0.1, 0.15) is 35.1 Å². The van der Waals surface area contributed by atoms with Gasteiger partial charge in [-0.1, -0.05) is 116 Å². The molecular formula is C46H53N7O5. The molecule has 0 bridgehead atoms. The van der Waals surface area contributed by atoms with Gasteiger partial charge < -0.3 is 25.6 Å². The predicted octanol–water partition coefficient (Wildman–Crippen LogP) is 6.55. The van der Waals surface area contributed by atoms with Crippen molar-refractivity contribution in [3.8, 4) is 22.5 Å². The molecule has 2 aliphatic carbocycles. The van der Waals surface area contributed by atoms with Crippen LogP contribution in [-0.4, -0.2) is 80.5 Å². The lowest BCUT2D eigenvalue weighted by Crippen LogP contribution is -2.58. The number of carbonyl (C=O) groups excluding carboxylic acids is 4. The minimum absolute atomic E-state index is 0.142. The monoisotopic (exact) mass is 783 g/mol.